The Morgan fingerprint density at radius 3 is 2.39 bits per heavy atom. The Hall–Kier alpha value is -3.38. The largest absolute Gasteiger partial charge is 0.495 e. The monoisotopic (exact) mass is 629 g/mol. The number of nitrogens with one attached hydrogen (secondary N) is 3. The van der Waals surface area contributed by atoms with Gasteiger partial charge in [0.05, 0.1) is 23.3 Å². The maximum Gasteiger partial charge on any atom is 0.256 e. The number of methoxy groups -OCH3 is 2. The standard InChI is InChI=1S/C28H29FIN5O3/c1-15-13-35(14-16(2)31-15)19-8-5-17(6-9-19)28(36)32-27-20-10-7-18(11-21(20)33-34-27)24-25(29)22(37-3)12-23(38-4)26(24)30/h5-12,15-16,31H,13-14H2,1-4H3,(H2,32,33,34,36)/t15-,16+. The van der Waals surface area contributed by atoms with Gasteiger partial charge in [-0.15, -0.1) is 0 Å². The molecule has 1 aliphatic heterocycles. The van der Waals surface area contributed by atoms with Crippen molar-refractivity contribution in [2.24, 2.45) is 0 Å². The lowest BCUT2D eigenvalue weighted by Crippen LogP contribution is -2.54. The molecule has 1 aliphatic rings. The molecular weight excluding hydrogens is 600 g/mol. The third-order valence-electron chi connectivity index (χ3n) is 6.71. The highest BCUT2D eigenvalue weighted by atomic mass is 127. The smallest absolute Gasteiger partial charge is 0.256 e. The first-order chi connectivity index (χ1) is 18.3. The molecule has 5 rings (SSSR count). The van der Waals surface area contributed by atoms with Crippen LogP contribution in [-0.4, -0.2) is 55.5 Å². The van der Waals surface area contributed by atoms with Crippen molar-refractivity contribution in [1.29, 1.82) is 0 Å². The van der Waals surface area contributed by atoms with E-state index in [1.54, 1.807) is 18.2 Å². The van der Waals surface area contributed by atoms with E-state index in [4.69, 9.17) is 9.47 Å². The maximum absolute atomic E-state index is 15.2. The molecule has 10 heteroatoms. The van der Waals surface area contributed by atoms with Crippen LogP contribution in [0.15, 0.2) is 48.5 Å². The molecule has 0 unspecified atom stereocenters. The number of hydrogen-bond donors (Lipinski definition) is 3. The number of aromatic amines is 1. The van der Waals surface area contributed by atoms with Gasteiger partial charge in [0, 0.05) is 53.4 Å². The molecule has 0 bridgehead atoms. The average molecular weight is 629 g/mol. The first kappa shape index (κ1) is 26.2. The van der Waals surface area contributed by atoms with Crippen LogP contribution in [0.25, 0.3) is 22.0 Å². The fourth-order valence-corrected chi connectivity index (χ4v) is 5.87. The molecule has 3 N–H and O–H groups in total. The molecule has 2 atom stereocenters. The maximum atomic E-state index is 15.2. The highest BCUT2D eigenvalue weighted by molar-refractivity contribution is 14.1. The Bertz CT molecular complexity index is 1450. The summed E-state index contributed by atoms with van der Waals surface area (Å²) in [4.78, 5) is 15.3. The molecule has 198 valence electrons. The van der Waals surface area contributed by atoms with Crippen LogP contribution in [0.1, 0.15) is 24.2 Å². The molecule has 1 aromatic heterocycles. The van der Waals surface area contributed by atoms with Crippen LogP contribution in [0.4, 0.5) is 15.9 Å². The molecule has 1 saturated heterocycles. The van der Waals surface area contributed by atoms with Crippen LogP contribution in [0.3, 0.4) is 0 Å². The van der Waals surface area contributed by atoms with E-state index in [2.05, 4.69) is 62.2 Å². The summed E-state index contributed by atoms with van der Waals surface area (Å²) in [5.74, 6) is 0.293. The molecule has 0 aliphatic carbocycles. The number of carbonyl (C=O) groups is 1. The number of anilines is 2. The lowest BCUT2D eigenvalue weighted by atomic mass is 10.0. The summed E-state index contributed by atoms with van der Waals surface area (Å²) in [5, 5.41) is 14.4. The van der Waals surface area contributed by atoms with Gasteiger partial charge in [-0.3, -0.25) is 9.89 Å². The number of fused-ring (bicyclic) bond motifs is 1. The number of piperazine rings is 1. The minimum atomic E-state index is -0.474. The molecule has 0 spiro atoms. The Morgan fingerprint density at radius 2 is 1.74 bits per heavy atom. The van der Waals surface area contributed by atoms with E-state index in [-0.39, 0.29) is 11.7 Å². The van der Waals surface area contributed by atoms with Gasteiger partial charge in [0.15, 0.2) is 17.4 Å². The van der Waals surface area contributed by atoms with Gasteiger partial charge in [0.2, 0.25) is 0 Å². The van der Waals surface area contributed by atoms with Crippen LogP contribution >= 0.6 is 22.6 Å². The first-order valence-electron chi connectivity index (χ1n) is 12.3. The molecule has 4 aromatic rings. The summed E-state index contributed by atoms with van der Waals surface area (Å²) in [6.45, 7) is 6.18. The molecular formula is C28H29FIN5O3. The number of hydrogen-bond acceptors (Lipinski definition) is 6. The minimum absolute atomic E-state index is 0.0990. The quantitative estimate of drug-likeness (QED) is 0.247. The van der Waals surface area contributed by atoms with E-state index in [0.717, 1.165) is 18.8 Å². The third kappa shape index (κ3) is 5.02. The van der Waals surface area contributed by atoms with Crippen molar-refractivity contribution in [2.45, 2.75) is 25.9 Å². The van der Waals surface area contributed by atoms with Gasteiger partial charge in [0.1, 0.15) is 5.75 Å². The molecule has 1 amide bonds. The van der Waals surface area contributed by atoms with E-state index < -0.39 is 5.82 Å². The second-order valence-electron chi connectivity index (χ2n) is 9.49. The number of nitrogens with zero attached hydrogens (tertiary/aromatic N) is 2. The van der Waals surface area contributed by atoms with Crippen molar-refractivity contribution in [3.8, 4) is 22.6 Å². The van der Waals surface area contributed by atoms with Gasteiger partial charge in [0.25, 0.3) is 5.91 Å². The van der Waals surface area contributed by atoms with Crippen molar-refractivity contribution in [2.75, 3.05) is 37.5 Å². The number of amides is 1. The second-order valence-corrected chi connectivity index (χ2v) is 10.6. The lowest BCUT2D eigenvalue weighted by Gasteiger charge is -2.37. The van der Waals surface area contributed by atoms with E-state index >= 15 is 4.39 Å². The summed E-state index contributed by atoms with van der Waals surface area (Å²) in [7, 11) is 2.95. The fraction of sp³-hybridized carbons (Fsp3) is 0.286. The van der Waals surface area contributed by atoms with Gasteiger partial charge in [-0.25, -0.2) is 4.39 Å². The molecule has 2 heterocycles. The third-order valence-corrected chi connectivity index (χ3v) is 7.78. The molecule has 3 aromatic carbocycles. The number of halogens is 2. The number of aromatic nitrogens is 2. The normalized spacial score (nSPS) is 17.5. The van der Waals surface area contributed by atoms with E-state index in [0.29, 0.717) is 54.8 Å². The summed E-state index contributed by atoms with van der Waals surface area (Å²) in [5.41, 5.74) is 3.29. The van der Waals surface area contributed by atoms with E-state index in [1.165, 1.54) is 20.3 Å². The van der Waals surface area contributed by atoms with Crippen LogP contribution in [0.2, 0.25) is 0 Å². The Kier molecular flexibility index (Phi) is 7.44. The predicted octanol–water partition coefficient (Wildman–Crippen LogP) is 5.43. The number of carbonyl (C=O) groups excluding carboxylic acids is 1. The van der Waals surface area contributed by atoms with Crippen LogP contribution in [0.5, 0.6) is 11.5 Å². The Morgan fingerprint density at radius 1 is 1.05 bits per heavy atom. The number of ether oxygens (including phenoxy) is 2. The SMILES string of the molecule is COc1cc(OC)c(I)c(-c2ccc3c(NC(=O)c4ccc(N5C[C@@H](C)N[C@@H](C)C5)cc4)n[nH]c3c2)c1F. The minimum Gasteiger partial charge on any atom is -0.495 e. The number of H-pyrrole nitrogens is 1. The van der Waals surface area contributed by atoms with Crippen LogP contribution < -0.4 is 25.0 Å². The van der Waals surface area contributed by atoms with Crippen molar-refractivity contribution < 1.29 is 18.7 Å². The fourth-order valence-electron chi connectivity index (χ4n) is 4.95. The molecule has 0 radical (unpaired) electrons. The predicted molar refractivity (Wildman–Crippen MR) is 156 cm³/mol. The number of benzene rings is 3. The highest BCUT2D eigenvalue weighted by Gasteiger charge is 2.22. The first-order valence-corrected chi connectivity index (χ1v) is 13.4. The zero-order chi connectivity index (χ0) is 27.0. The highest BCUT2D eigenvalue weighted by Crippen LogP contribution is 2.40. The molecule has 1 fully saturated rings. The Balaban J connectivity index is 1.37. The van der Waals surface area contributed by atoms with Gasteiger partial charge in [-0.05, 0) is 78.4 Å². The van der Waals surface area contributed by atoms with Crippen molar-refractivity contribution in [3.63, 3.8) is 0 Å². The molecule has 38 heavy (non-hydrogen) atoms. The summed E-state index contributed by atoms with van der Waals surface area (Å²) < 4.78 is 26.4. The van der Waals surface area contributed by atoms with Crippen molar-refractivity contribution in [1.82, 2.24) is 15.5 Å². The topological polar surface area (TPSA) is 91.5 Å². The summed E-state index contributed by atoms with van der Waals surface area (Å²) in [6.07, 6.45) is 0. The van der Waals surface area contributed by atoms with Crippen LogP contribution in [0, 0.1) is 9.39 Å². The zero-order valence-corrected chi connectivity index (χ0v) is 23.7. The Labute approximate surface area is 234 Å². The van der Waals surface area contributed by atoms with E-state index in [1.807, 2.05) is 24.3 Å². The summed E-state index contributed by atoms with van der Waals surface area (Å²) >= 11 is 2.06. The second kappa shape index (κ2) is 10.8. The number of rotatable bonds is 6. The average Bonchev–Trinajstić information content (AvgIpc) is 3.30. The van der Waals surface area contributed by atoms with Crippen molar-refractivity contribution >= 4 is 50.9 Å². The van der Waals surface area contributed by atoms with Gasteiger partial charge in [-0.2, -0.15) is 5.10 Å². The molecule has 8 nitrogen and oxygen atoms in total. The van der Waals surface area contributed by atoms with Crippen molar-refractivity contribution in [3.05, 3.63) is 63.5 Å². The van der Waals surface area contributed by atoms with Gasteiger partial charge < -0.3 is 25.0 Å². The lowest BCUT2D eigenvalue weighted by molar-refractivity contribution is 0.102. The summed E-state index contributed by atoms with van der Waals surface area (Å²) in [6, 6.07) is 15.3. The van der Waals surface area contributed by atoms with Crippen LogP contribution in [-0.2, 0) is 0 Å². The van der Waals surface area contributed by atoms with E-state index in [9.17, 15) is 4.79 Å². The zero-order valence-electron chi connectivity index (χ0n) is 21.6. The van der Waals surface area contributed by atoms with Gasteiger partial charge >= 0.3 is 0 Å². The van der Waals surface area contributed by atoms with Gasteiger partial charge in [-0.1, -0.05) is 6.07 Å². The molecule has 0 saturated carbocycles.